The summed E-state index contributed by atoms with van der Waals surface area (Å²) in [5, 5.41) is 8.93. The summed E-state index contributed by atoms with van der Waals surface area (Å²) in [7, 11) is 0. The SMILES string of the molecule is Cc1cccc(C(CNC(=O)c2cc(-c3cccs3)on2)N2CCOCC2)c1. The summed E-state index contributed by atoms with van der Waals surface area (Å²) >= 11 is 1.55. The van der Waals surface area contributed by atoms with Gasteiger partial charge in [-0.15, -0.1) is 11.3 Å². The van der Waals surface area contributed by atoms with E-state index in [1.54, 1.807) is 17.4 Å². The van der Waals surface area contributed by atoms with Crippen molar-refractivity contribution in [3.63, 3.8) is 0 Å². The van der Waals surface area contributed by atoms with Crippen LogP contribution in [0.3, 0.4) is 0 Å². The van der Waals surface area contributed by atoms with Gasteiger partial charge in [-0.1, -0.05) is 41.1 Å². The molecule has 1 atom stereocenters. The molecule has 0 bridgehead atoms. The van der Waals surface area contributed by atoms with Crippen LogP contribution in [0.15, 0.2) is 52.4 Å². The topological polar surface area (TPSA) is 67.6 Å². The van der Waals surface area contributed by atoms with Gasteiger partial charge in [0.25, 0.3) is 5.91 Å². The smallest absolute Gasteiger partial charge is 0.273 e. The minimum Gasteiger partial charge on any atom is -0.379 e. The van der Waals surface area contributed by atoms with Crippen molar-refractivity contribution in [3.05, 3.63) is 64.7 Å². The van der Waals surface area contributed by atoms with Crippen molar-refractivity contribution >= 4 is 17.2 Å². The van der Waals surface area contributed by atoms with E-state index in [4.69, 9.17) is 9.26 Å². The number of amides is 1. The molecule has 1 N–H and O–H groups in total. The molecule has 1 aliphatic rings. The Morgan fingerprint density at radius 2 is 2.11 bits per heavy atom. The van der Waals surface area contributed by atoms with E-state index >= 15 is 0 Å². The van der Waals surface area contributed by atoms with Gasteiger partial charge in [-0.25, -0.2) is 0 Å². The molecular formula is C21H23N3O3S. The van der Waals surface area contributed by atoms with Crippen molar-refractivity contribution in [1.29, 1.82) is 0 Å². The monoisotopic (exact) mass is 397 g/mol. The molecule has 146 valence electrons. The number of morpholine rings is 1. The van der Waals surface area contributed by atoms with Gasteiger partial charge in [-0.3, -0.25) is 9.69 Å². The Hall–Kier alpha value is -2.48. The highest BCUT2D eigenvalue weighted by atomic mass is 32.1. The first kappa shape index (κ1) is 18.9. The van der Waals surface area contributed by atoms with Gasteiger partial charge in [0, 0.05) is 25.7 Å². The minimum absolute atomic E-state index is 0.0939. The zero-order chi connectivity index (χ0) is 19.3. The summed E-state index contributed by atoms with van der Waals surface area (Å²) in [5.74, 6) is 0.390. The molecule has 1 saturated heterocycles. The fourth-order valence-electron chi connectivity index (χ4n) is 3.42. The molecular weight excluding hydrogens is 374 g/mol. The Morgan fingerprint density at radius 3 is 2.86 bits per heavy atom. The molecule has 1 fully saturated rings. The third-order valence-corrected chi connectivity index (χ3v) is 5.76. The van der Waals surface area contributed by atoms with Crippen LogP contribution in [0, 0.1) is 6.92 Å². The van der Waals surface area contributed by atoms with E-state index in [9.17, 15) is 4.79 Å². The first-order chi connectivity index (χ1) is 13.7. The van der Waals surface area contributed by atoms with E-state index in [1.165, 1.54) is 11.1 Å². The van der Waals surface area contributed by atoms with Gasteiger partial charge in [0.1, 0.15) is 0 Å². The number of rotatable bonds is 6. The summed E-state index contributed by atoms with van der Waals surface area (Å²) in [4.78, 5) is 16.0. The maximum Gasteiger partial charge on any atom is 0.273 e. The van der Waals surface area contributed by atoms with Crippen molar-refractivity contribution < 1.29 is 14.1 Å². The molecule has 0 aliphatic carbocycles. The van der Waals surface area contributed by atoms with Crippen LogP contribution in [0.2, 0.25) is 0 Å². The van der Waals surface area contributed by atoms with Gasteiger partial charge in [-0.2, -0.15) is 0 Å². The van der Waals surface area contributed by atoms with Gasteiger partial charge < -0.3 is 14.6 Å². The molecule has 6 nitrogen and oxygen atoms in total. The summed E-state index contributed by atoms with van der Waals surface area (Å²) in [6.45, 7) is 5.71. The second-order valence-electron chi connectivity index (χ2n) is 6.84. The van der Waals surface area contributed by atoms with Gasteiger partial charge in [0.05, 0.1) is 24.1 Å². The fourth-order valence-corrected chi connectivity index (χ4v) is 4.09. The van der Waals surface area contributed by atoms with Crippen molar-refractivity contribution in [2.45, 2.75) is 13.0 Å². The lowest BCUT2D eigenvalue weighted by molar-refractivity contribution is 0.0162. The number of nitrogens with one attached hydrogen (secondary N) is 1. The quantitative estimate of drug-likeness (QED) is 0.689. The molecule has 3 heterocycles. The van der Waals surface area contributed by atoms with E-state index in [0.29, 0.717) is 31.2 Å². The maximum absolute atomic E-state index is 12.6. The van der Waals surface area contributed by atoms with Crippen LogP contribution in [-0.4, -0.2) is 48.8 Å². The molecule has 0 saturated carbocycles. The number of nitrogens with zero attached hydrogens (tertiary/aromatic N) is 2. The molecule has 1 aliphatic heterocycles. The molecule has 2 aromatic heterocycles. The summed E-state index contributed by atoms with van der Waals surface area (Å²) < 4.78 is 10.8. The highest BCUT2D eigenvalue weighted by Gasteiger charge is 2.24. The van der Waals surface area contributed by atoms with Gasteiger partial charge >= 0.3 is 0 Å². The Bertz CT molecular complexity index is 917. The minimum atomic E-state index is -0.225. The average Bonchev–Trinajstić information content (AvgIpc) is 3.41. The lowest BCUT2D eigenvalue weighted by Gasteiger charge is -2.35. The Morgan fingerprint density at radius 1 is 1.25 bits per heavy atom. The van der Waals surface area contributed by atoms with Crippen LogP contribution in [0.25, 0.3) is 10.6 Å². The highest BCUT2D eigenvalue weighted by Crippen LogP contribution is 2.25. The Kier molecular flexibility index (Phi) is 5.85. The predicted octanol–water partition coefficient (Wildman–Crippen LogP) is 3.51. The molecule has 1 aromatic carbocycles. The number of ether oxygens (including phenoxy) is 1. The number of carbonyl (C=O) groups excluding carboxylic acids is 1. The Balaban J connectivity index is 1.47. The van der Waals surface area contributed by atoms with E-state index in [0.717, 1.165) is 18.0 Å². The lowest BCUT2D eigenvalue weighted by Crippen LogP contribution is -2.43. The van der Waals surface area contributed by atoms with Gasteiger partial charge in [0.2, 0.25) is 0 Å². The van der Waals surface area contributed by atoms with E-state index in [1.807, 2.05) is 17.5 Å². The second kappa shape index (κ2) is 8.68. The maximum atomic E-state index is 12.6. The molecule has 4 rings (SSSR count). The van der Waals surface area contributed by atoms with E-state index < -0.39 is 0 Å². The van der Waals surface area contributed by atoms with E-state index in [-0.39, 0.29) is 11.9 Å². The number of carbonyl (C=O) groups is 1. The number of thiophene rings is 1. The number of hydrogen-bond donors (Lipinski definition) is 1. The lowest BCUT2D eigenvalue weighted by atomic mass is 10.0. The predicted molar refractivity (Wildman–Crippen MR) is 108 cm³/mol. The summed E-state index contributed by atoms with van der Waals surface area (Å²) in [6, 6.07) is 14.1. The molecule has 0 radical (unpaired) electrons. The van der Waals surface area contributed by atoms with Crippen LogP contribution in [0.4, 0.5) is 0 Å². The molecule has 1 amide bonds. The largest absolute Gasteiger partial charge is 0.379 e. The van der Waals surface area contributed by atoms with Crippen molar-refractivity contribution in [1.82, 2.24) is 15.4 Å². The van der Waals surface area contributed by atoms with Crippen LogP contribution >= 0.6 is 11.3 Å². The highest BCUT2D eigenvalue weighted by molar-refractivity contribution is 7.13. The second-order valence-corrected chi connectivity index (χ2v) is 7.79. The third kappa shape index (κ3) is 4.32. The van der Waals surface area contributed by atoms with Gasteiger partial charge in [-0.05, 0) is 23.9 Å². The van der Waals surface area contributed by atoms with Crippen LogP contribution in [0.5, 0.6) is 0 Å². The van der Waals surface area contributed by atoms with Crippen molar-refractivity contribution in [2.75, 3.05) is 32.8 Å². The standard InChI is InChI=1S/C21H23N3O3S/c1-15-4-2-5-16(12-15)18(24-7-9-26-10-8-24)14-22-21(25)17-13-19(27-23-17)20-6-3-11-28-20/h2-6,11-13,18H,7-10,14H2,1H3,(H,22,25). The first-order valence-electron chi connectivity index (χ1n) is 9.38. The molecule has 28 heavy (non-hydrogen) atoms. The average molecular weight is 398 g/mol. The van der Waals surface area contributed by atoms with E-state index in [2.05, 4.69) is 46.6 Å². The van der Waals surface area contributed by atoms with Crippen LogP contribution in [0.1, 0.15) is 27.7 Å². The van der Waals surface area contributed by atoms with Crippen LogP contribution < -0.4 is 5.32 Å². The summed E-state index contributed by atoms with van der Waals surface area (Å²) in [6.07, 6.45) is 0. The van der Waals surface area contributed by atoms with Gasteiger partial charge in [0.15, 0.2) is 11.5 Å². The molecule has 0 spiro atoms. The number of benzene rings is 1. The summed E-state index contributed by atoms with van der Waals surface area (Å²) in [5.41, 5.74) is 2.70. The first-order valence-corrected chi connectivity index (χ1v) is 10.3. The normalized spacial score (nSPS) is 16.0. The molecule has 7 heteroatoms. The van der Waals surface area contributed by atoms with Crippen LogP contribution in [-0.2, 0) is 4.74 Å². The van der Waals surface area contributed by atoms with Crippen molar-refractivity contribution in [3.8, 4) is 10.6 Å². The molecule has 3 aromatic rings. The van der Waals surface area contributed by atoms with Crippen molar-refractivity contribution in [2.24, 2.45) is 0 Å². The number of aryl methyl sites for hydroxylation is 1. The third-order valence-electron chi connectivity index (χ3n) is 4.88. The zero-order valence-corrected chi connectivity index (χ0v) is 16.6. The molecule has 1 unspecified atom stereocenters. The fraction of sp³-hybridized carbons (Fsp3) is 0.333. The zero-order valence-electron chi connectivity index (χ0n) is 15.8. The number of aromatic nitrogens is 1. The number of hydrogen-bond acceptors (Lipinski definition) is 6. The Labute approximate surface area is 168 Å².